The van der Waals surface area contributed by atoms with Crippen LogP contribution in [0.2, 0.25) is 0 Å². The van der Waals surface area contributed by atoms with E-state index in [9.17, 15) is 9.90 Å². The molecule has 2 N–H and O–H groups in total. The minimum absolute atomic E-state index is 0. The first kappa shape index (κ1) is 15.0. The van der Waals surface area contributed by atoms with Crippen molar-refractivity contribution < 1.29 is 14.6 Å². The second-order valence-electron chi connectivity index (χ2n) is 5.86. The summed E-state index contributed by atoms with van der Waals surface area (Å²) >= 11 is 0. The second-order valence-corrected chi connectivity index (χ2v) is 5.86. The molecule has 0 aromatic heterocycles. The molecule has 19 heavy (non-hydrogen) atoms. The molecule has 2 aliphatic heterocycles. The molecule has 1 amide bonds. The van der Waals surface area contributed by atoms with Crippen LogP contribution in [0.25, 0.3) is 0 Å². The van der Waals surface area contributed by atoms with Crippen LogP contribution >= 0.6 is 12.4 Å². The number of nitrogens with one attached hydrogen (secondary N) is 1. The summed E-state index contributed by atoms with van der Waals surface area (Å²) in [6.45, 7) is 4.46. The van der Waals surface area contributed by atoms with Gasteiger partial charge < -0.3 is 20.1 Å². The van der Waals surface area contributed by atoms with Gasteiger partial charge in [-0.05, 0) is 24.7 Å². The topological polar surface area (TPSA) is 61.8 Å². The largest absolute Gasteiger partial charge is 0.393 e. The van der Waals surface area contributed by atoms with Crippen LogP contribution < -0.4 is 5.32 Å². The summed E-state index contributed by atoms with van der Waals surface area (Å²) in [5.74, 6) is 1.23. The summed E-state index contributed by atoms with van der Waals surface area (Å²) in [7, 11) is 0. The molecule has 4 atom stereocenters. The normalized spacial score (nSPS) is 38.5. The number of aliphatic hydroxyl groups is 1. The Morgan fingerprint density at radius 3 is 2.63 bits per heavy atom. The summed E-state index contributed by atoms with van der Waals surface area (Å²) in [5, 5.41) is 12.9. The average molecular weight is 291 g/mol. The van der Waals surface area contributed by atoms with Crippen LogP contribution in [0.1, 0.15) is 12.8 Å². The molecule has 3 rings (SSSR count). The van der Waals surface area contributed by atoms with Crippen LogP contribution in [0.5, 0.6) is 0 Å². The van der Waals surface area contributed by atoms with Gasteiger partial charge in [0.25, 0.3) is 0 Å². The Balaban J connectivity index is 0.00000133. The van der Waals surface area contributed by atoms with E-state index in [1.807, 2.05) is 4.90 Å². The molecule has 3 fully saturated rings. The zero-order valence-electron chi connectivity index (χ0n) is 11.1. The van der Waals surface area contributed by atoms with Gasteiger partial charge in [0.2, 0.25) is 5.91 Å². The summed E-state index contributed by atoms with van der Waals surface area (Å²) in [4.78, 5) is 14.4. The van der Waals surface area contributed by atoms with Crippen molar-refractivity contribution in [3.8, 4) is 0 Å². The van der Waals surface area contributed by atoms with Crippen molar-refractivity contribution in [1.29, 1.82) is 0 Å². The van der Waals surface area contributed by atoms with Crippen LogP contribution in [0, 0.1) is 17.8 Å². The molecule has 0 aromatic rings. The number of likely N-dealkylation sites (tertiary alicyclic amines) is 1. The zero-order chi connectivity index (χ0) is 12.5. The predicted octanol–water partition coefficient (Wildman–Crippen LogP) is -0.126. The Bertz CT molecular complexity index is 307. The van der Waals surface area contributed by atoms with Gasteiger partial charge in [-0.1, -0.05) is 0 Å². The molecule has 2 saturated heterocycles. The van der Waals surface area contributed by atoms with Crippen LogP contribution in [-0.4, -0.2) is 61.4 Å². The van der Waals surface area contributed by atoms with Crippen molar-refractivity contribution in [2.24, 2.45) is 17.8 Å². The van der Waals surface area contributed by atoms with Crippen molar-refractivity contribution in [1.82, 2.24) is 10.2 Å². The van der Waals surface area contributed by atoms with Crippen LogP contribution in [0.4, 0.5) is 0 Å². The van der Waals surface area contributed by atoms with Crippen molar-refractivity contribution in [3.05, 3.63) is 0 Å². The highest BCUT2D eigenvalue weighted by molar-refractivity contribution is 5.85. The Hall–Kier alpha value is -0.360. The summed E-state index contributed by atoms with van der Waals surface area (Å²) in [5.41, 5.74) is 0. The highest BCUT2D eigenvalue weighted by atomic mass is 35.5. The Labute approximate surface area is 120 Å². The number of hydrogen-bond acceptors (Lipinski definition) is 4. The second kappa shape index (κ2) is 6.39. The molecule has 5 nitrogen and oxygen atoms in total. The number of hydrogen-bond donors (Lipinski definition) is 2. The average Bonchev–Trinajstić information content (AvgIpc) is 2.75. The molecule has 0 spiro atoms. The van der Waals surface area contributed by atoms with E-state index in [-0.39, 0.29) is 30.3 Å². The lowest BCUT2D eigenvalue weighted by Gasteiger charge is -2.23. The lowest BCUT2D eigenvalue weighted by Crippen LogP contribution is -2.40. The minimum atomic E-state index is -0.139. The van der Waals surface area contributed by atoms with E-state index in [2.05, 4.69) is 5.32 Å². The van der Waals surface area contributed by atoms with Crippen molar-refractivity contribution >= 4 is 18.3 Å². The van der Waals surface area contributed by atoms with Crippen LogP contribution in [0.15, 0.2) is 0 Å². The van der Waals surface area contributed by atoms with E-state index in [0.717, 1.165) is 39.0 Å². The molecule has 0 bridgehead atoms. The number of fused-ring (bicyclic) bond motifs is 1. The molecule has 0 radical (unpaired) electrons. The number of amides is 1. The number of rotatable bonds is 1. The number of halogens is 1. The number of carbonyl (C=O) groups excluding carboxylic acids is 1. The molecule has 6 heteroatoms. The van der Waals surface area contributed by atoms with E-state index in [1.165, 1.54) is 0 Å². The molecular weight excluding hydrogens is 268 g/mol. The van der Waals surface area contributed by atoms with Gasteiger partial charge in [0.1, 0.15) is 0 Å². The lowest BCUT2D eigenvalue weighted by atomic mass is 10.0. The lowest BCUT2D eigenvalue weighted by molar-refractivity contribution is -0.136. The Kier molecular flexibility index (Phi) is 5.06. The van der Waals surface area contributed by atoms with Gasteiger partial charge in [-0.15, -0.1) is 12.4 Å². The third-order valence-electron chi connectivity index (χ3n) is 4.52. The van der Waals surface area contributed by atoms with Gasteiger partial charge in [-0.3, -0.25) is 4.79 Å². The fourth-order valence-electron chi connectivity index (χ4n) is 3.57. The van der Waals surface area contributed by atoms with Gasteiger partial charge >= 0.3 is 0 Å². The number of ether oxygens (including phenoxy) is 1. The Morgan fingerprint density at radius 1 is 1.26 bits per heavy atom. The summed E-state index contributed by atoms with van der Waals surface area (Å²) in [6, 6.07) is 0. The molecule has 1 saturated carbocycles. The number of aliphatic hydroxyl groups excluding tert-OH is 1. The van der Waals surface area contributed by atoms with Gasteiger partial charge in [-0.2, -0.15) is 0 Å². The van der Waals surface area contributed by atoms with E-state index < -0.39 is 0 Å². The van der Waals surface area contributed by atoms with Crippen molar-refractivity contribution in [2.45, 2.75) is 18.9 Å². The number of carbonyl (C=O) groups is 1. The molecule has 0 aromatic carbocycles. The van der Waals surface area contributed by atoms with Crippen molar-refractivity contribution in [3.63, 3.8) is 0 Å². The molecule has 3 aliphatic rings. The fraction of sp³-hybridized carbons (Fsp3) is 0.923. The predicted molar refractivity (Wildman–Crippen MR) is 73.2 cm³/mol. The molecule has 1 aliphatic carbocycles. The third kappa shape index (κ3) is 3.21. The van der Waals surface area contributed by atoms with Gasteiger partial charge in [-0.25, -0.2) is 0 Å². The maximum absolute atomic E-state index is 12.4. The zero-order valence-corrected chi connectivity index (χ0v) is 11.9. The fourth-order valence-corrected chi connectivity index (χ4v) is 3.57. The molecule has 2 heterocycles. The third-order valence-corrected chi connectivity index (χ3v) is 4.52. The SMILES string of the molecule is Cl.O=C(C1CNCCOC1)N1C[C@H]2CC(O)C[C@H]2C1. The maximum Gasteiger partial charge on any atom is 0.229 e. The molecule has 2 unspecified atom stereocenters. The minimum Gasteiger partial charge on any atom is -0.393 e. The highest BCUT2D eigenvalue weighted by Crippen LogP contribution is 2.38. The summed E-state index contributed by atoms with van der Waals surface area (Å²) < 4.78 is 5.45. The molecular formula is C13H23ClN2O3. The standard InChI is InChI=1S/C13H22N2O3.ClH/c16-12-3-9-6-15(7-10(9)4-12)13(17)11-5-14-1-2-18-8-11;/h9-12,14,16H,1-8H2;1H/t9-,10+,11?,12?;. The molecule has 110 valence electrons. The van der Waals surface area contributed by atoms with Crippen LogP contribution in [-0.2, 0) is 9.53 Å². The summed E-state index contributed by atoms with van der Waals surface area (Å²) in [6.07, 6.45) is 1.60. The van der Waals surface area contributed by atoms with E-state index >= 15 is 0 Å². The highest BCUT2D eigenvalue weighted by Gasteiger charge is 2.42. The van der Waals surface area contributed by atoms with E-state index in [4.69, 9.17) is 4.74 Å². The van der Waals surface area contributed by atoms with Crippen molar-refractivity contribution in [2.75, 3.05) is 39.4 Å². The number of nitrogens with zero attached hydrogens (tertiary/aromatic N) is 1. The quantitative estimate of drug-likeness (QED) is 0.706. The van der Waals surface area contributed by atoms with E-state index in [0.29, 0.717) is 25.0 Å². The van der Waals surface area contributed by atoms with Gasteiger partial charge in [0.15, 0.2) is 0 Å². The Morgan fingerprint density at radius 2 is 1.95 bits per heavy atom. The van der Waals surface area contributed by atoms with Gasteiger partial charge in [0, 0.05) is 26.2 Å². The van der Waals surface area contributed by atoms with Crippen LogP contribution in [0.3, 0.4) is 0 Å². The first-order valence-electron chi connectivity index (χ1n) is 6.99. The maximum atomic E-state index is 12.4. The first-order chi connectivity index (χ1) is 8.74. The first-order valence-corrected chi connectivity index (χ1v) is 6.99. The monoisotopic (exact) mass is 290 g/mol. The van der Waals surface area contributed by atoms with E-state index in [1.54, 1.807) is 0 Å². The smallest absolute Gasteiger partial charge is 0.229 e. The van der Waals surface area contributed by atoms with Gasteiger partial charge in [0.05, 0.1) is 25.2 Å².